The summed E-state index contributed by atoms with van der Waals surface area (Å²) in [6.07, 6.45) is 0.636. The molecular weight excluding hydrogens is 306 g/mol. The summed E-state index contributed by atoms with van der Waals surface area (Å²) in [7, 11) is -3.79. The number of nitrogens with zero attached hydrogens (tertiary/aromatic N) is 2. The lowest BCUT2D eigenvalue weighted by Crippen LogP contribution is -2.12. The molecule has 0 aliphatic rings. The molecule has 108 valence electrons. The standard InChI is InChI=1S/C11H12ClN3O4S/c1-2-11-14-10(15-19-11)6-18-9-4-3-7(5-8(9)12)20(13,16)17/h3-5H,2,6H2,1H3,(H2,13,16,17). The van der Waals surface area contributed by atoms with Crippen molar-refractivity contribution in [3.8, 4) is 5.75 Å². The first kappa shape index (κ1) is 14.8. The summed E-state index contributed by atoms with van der Waals surface area (Å²) in [5.74, 6) is 1.20. The maximum absolute atomic E-state index is 11.2. The highest BCUT2D eigenvalue weighted by molar-refractivity contribution is 7.89. The van der Waals surface area contributed by atoms with Crippen LogP contribution in [0.3, 0.4) is 0 Å². The second-order valence-corrected chi connectivity index (χ2v) is 5.85. The van der Waals surface area contributed by atoms with Crippen LogP contribution in [-0.4, -0.2) is 18.6 Å². The largest absolute Gasteiger partial charge is 0.484 e. The van der Waals surface area contributed by atoms with Gasteiger partial charge in [-0.15, -0.1) is 0 Å². The van der Waals surface area contributed by atoms with Crippen LogP contribution in [0.5, 0.6) is 5.75 Å². The third kappa shape index (κ3) is 3.47. The van der Waals surface area contributed by atoms with Gasteiger partial charge in [0.15, 0.2) is 6.61 Å². The van der Waals surface area contributed by atoms with Crippen molar-refractivity contribution in [1.29, 1.82) is 0 Å². The first-order chi connectivity index (χ1) is 9.40. The Morgan fingerprint density at radius 3 is 2.75 bits per heavy atom. The van der Waals surface area contributed by atoms with Crippen molar-refractivity contribution >= 4 is 21.6 Å². The van der Waals surface area contributed by atoms with Gasteiger partial charge in [-0.2, -0.15) is 4.98 Å². The molecule has 2 rings (SSSR count). The Balaban J connectivity index is 2.10. The molecule has 1 aromatic heterocycles. The van der Waals surface area contributed by atoms with E-state index in [1.54, 1.807) is 0 Å². The van der Waals surface area contributed by atoms with Gasteiger partial charge in [-0.05, 0) is 18.2 Å². The smallest absolute Gasteiger partial charge is 0.238 e. The number of aromatic nitrogens is 2. The average Bonchev–Trinajstić information content (AvgIpc) is 2.84. The zero-order valence-corrected chi connectivity index (χ0v) is 12.1. The van der Waals surface area contributed by atoms with E-state index in [1.807, 2.05) is 6.92 Å². The van der Waals surface area contributed by atoms with E-state index in [9.17, 15) is 8.42 Å². The number of hydrogen-bond donors (Lipinski definition) is 1. The fraction of sp³-hybridized carbons (Fsp3) is 0.273. The van der Waals surface area contributed by atoms with E-state index in [0.717, 1.165) is 0 Å². The van der Waals surface area contributed by atoms with E-state index in [4.69, 9.17) is 26.0 Å². The molecule has 0 unspecified atom stereocenters. The van der Waals surface area contributed by atoms with Crippen LogP contribution in [0.25, 0.3) is 0 Å². The second kappa shape index (κ2) is 5.78. The number of nitrogens with two attached hydrogens (primary N) is 1. The summed E-state index contributed by atoms with van der Waals surface area (Å²) in [4.78, 5) is 3.99. The predicted molar refractivity (Wildman–Crippen MR) is 70.8 cm³/mol. The minimum atomic E-state index is -3.79. The van der Waals surface area contributed by atoms with Crippen LogP contribution in [0, 0.1) is 0 Å². The molecule has 0 aliphatic carbocycles. The Bertz CT molecular complexity index is 714. The van der Waals surface area contributed by atoms with E-state index in [-0.39, 0.29) is 16.5 Å². The number of benzene rings is 1. The number of sulfonamides is 1. The van der Waals surface area contributed by atoms with Gasteiger partial charge in [-0.25, -0.2) is 13.6 Å². The van der Waals surface area contributed by atoms with Crippen LogP contribution >= 0.6 is 11.6 Å². The van der Waals surface area contributed by atoms with Crippen LogP contribution in [0.2, 0.25) is 5.02 Å². The first-order valence-electron chi connectivity index (χ1n) is 5.66. The molecule has 20 heavy (non-hydrogen) atoms. The summed E-state index contributed by atoms with van der Waals surface area (Å²) in [5.41, 5.74) is 0. The number of halogens is 1. The molecule has 2 N–H and O–H groups in total. The Morgan fingerprint density at radius 2 is 2.20 bits per heavy atom. The van der Waals surface area contributed by atoms with E-state index < -0.39 is 10.0 Å². The number of primary sulfonamides is 1. The molecule has 9 heteroatoms. The Kier molecular flexibility index (Phi) is 4.26. The maximum Gasteiger partial charge on any atom is 0.238 e. The van der Waals surface area contributed by atoms with Crippen LogP contribution in [0.1, 0.15) is 18.6 Å². The Hall–Kier alpha value is -1.64. The molecule has 0 radical (unpaired) electrons. The minimum absolute atomic E-state index is 0.0674. The van der Waals surface area contributed by atoms with Crippen LogP contribution in [0.4, 0.5) is 0 Å². The monoisotopic (exact) mass is 317 g/mol. The summed E-state index contributed by atoms with van der Waals surface area (Å²) in [6, 6.07) is 3.95. The number of aryl methyl sites for hydroxylation is 1. The van der Waals surface area contributed by atoms with Gasteiger partial charge in [0, 0.05) is 6.42 Å². The molecule has 1 aromatic carbocycles. The van der Waals surface area contributed by atoms with Crippen molar-refractivity contribution in [2.24, 2.45) is 5.14 Å². The summed E-state index contributed by atoms with van der Waals surface area (Å²) >= 11 is 5.92. The molecule has 0 aliphatic heterocycles. The van der Waals surface area contributed by atoms with E-state index in [1.165, 1.54) is 18.2 Å². The summed E-state index contributed by atoms with van der Waals surface area (Å²) < 4.78 is 32.6. The first-order valence-corrected chi connectivity index (χ1v) is 7.59. The maximum atomic E-state index is 11.2. The summed E-state index contributed by atoms with van der Waals surface area (Å²) in [6.45, 7) is 1.96. The summed E-state index contributed by atoms with van der Waals surface area (Å²) in [5, 5.41) is 8.85. The fourth-order valence-electron chi connectivity index (χ4n) is 1.41. The average molecular weight is 318 g/mol. The lowest BCUT2D eigenvalue weighted by Gasteiger charge is -2.06. The molecule has 2 aromatic rings. The van der Waals surface area contributed by atoms with Crippen molar-refractivity contribution in [3.05, 3.63) is 34.9 Å². The molecule has 1 heterocycles. The fourth-order valence-corrected chi connectivity index (χ4v) is 2.25. The Labute approximate surface area is 120 Å². The molecule has 0 spiro atoms. The number of hydrogen-bond acceptors (Lipinski definition) is 6. The van der Waals surface area contributed by atoms with Crippen molar-refractivity contribution < 1.29 is 17.7 Å². The molecule has 7 nitrogen and oxygen atoms in total. The minimum Gasteiger partial charge on any atom is -0.484 e. The van der Waals surface area contributed by atoms with E-state index in [2.05, 4.69) is 10.1 Å². The highest BCUT2D eigenvalue weighted by Gasteiger charge is 2.12. The molecule has 0 amide bonds. The normalized spacial score (nSPS) is 11.6. The zero-order valence-electron chi connectivity index (χ0n) is 10.5. The van der Waals surface area contributed by atoms with E-state index in [0.29, 0.717) is 23.9 Å². The van der Waals surface area contributed by atoms with Gasteiger partial charge in [-0.3, -0.25) is 0 Å². The third-order valence-corrected chi connectivity index (χ3v) is 3.61. The predicted octanol–water partition coefficient (Wildman–Crippen LogP) is 1.51. The van der Waals surface area contributed by atoms with Crippen molar-refractivity contribution in [3.63, 3.8) is 0 Å². The highest BCUT2D eigenvalue weighted by Crippen LogP contribution is 2.27. The van der Waals surface area contributed by atoms with Crippen molar-refractivity contribution in [2.45, 2.75) is 24.8 Å². The molecule has 0 atom stereocenters. The van der Waals surface area contributed by atoms with Crippen LogP contribution in [-0.2, 0) is 23.1 Å². The molecule has 0 fully saturated rings. The SMILES string of the molecule is CCc1nc(COc2ccc(S(N)(=O)=O)cc2Cl)no1. The number of ether oxygens (including phenoxy) is 1. The molecular formula is C11H12ClN3O4S. The van der Waals surface area contributed by atoms with Gasteiger partial charge < -0.3 is 9.26 Å². The topological polar surface area (TPSA) is 108 Å². The quantitative estimate of drug-likeness (QED) is 0.895. The lowest BCUT2D eigenvalue weighted by atomic mass is 10.3. The van der Waals surface area contributed by atoms with Gasteiger partial charge in [0.05, 0.1) is 9.92 Å². The molecule has 0 saturated carbocycles. The van der Waals surface area contributed by atoms with Gasteiger partial charge in [0.25, 0.3) is 0 Å². The lowest BCUT2D eigenvalue weighted by molar-refractivity contribution is 0.285. The van der Waals surface area contributed by atoms with Gasteiger partial charge in [0.2, 0.25) is 21.7 Å². The zero-order chi connectivity index (χ0) is 14.8. The molecule has 0 saturated heterocycles. The van der Waals surface area contributed by atoms with E-state index >= 15 is 0 Å². The highest BCUT2D eigenvalue weighted by atomic mass is 35.5. The van der Waals surface area contributed by atoms with Crippen molar-refractivity contribution in [1.82, 2.24) is 10.1 Å². The van der Waals surface area contributed by atoms with Crippen LogP contribution < -0.4 is 9.88 Å². The molecule has 0 bridgehead atoms. The Morgan fingerprint density at radius 1 is 1.45 bits per heavy atom. The van der Waals surface area contributed by atoms with Gasteiger partial charge in [-0.1, -0.05) is 23.7 Å². The second-order valence-electron chi connectivity index (χ2n) is 3.88. The van der Waals surface area contributed by atoms with Crippen molar-refractivity contribution in [2.75, 3.05) is 0 Å². The third-order valence-electron chi connectivity index (χ3n) is 2.40. The number of rotatable bonds is 5. The van der Waals surface area contributed by atoms with Gasteiger partial charge >= 0.3 is 0 Å². The van der Waals surface area contributed by atoms with Crippen LogP contribution in [0.15, 0.2) is 27.6 Å². The van der Waals surface area contributed by atoms with Gasteiger partial charge in [0.1, 0.15) is 5.75 Å².